The Labute approximate surface area is 171 Å². The van der Waals surface area contributed by atoms with E-state index in [2.05, 4.69) is 12.1 Å². The van der Waals surface area contributed by atoms with Crippen LogP contribution in [0.3, 0.4) is 0 Å². The SMILES string of the molecule is COc1cccc(C2=CC3CCCC(C2)N3C(=O)OCc2ccccc2)c1C#N. The molecule has 0 aromatic heterocycles. The Morgan fingerprint density at radius 2 is 2.00 bits per heavy atom. The summed E-state index contributed by atoms with van der Waals surface area (Å²) >= 11 is 0. The van der Waals surface area contributed by atoms with Gasteiger partial charge >= 0.3 is 6.09 Å². The third kappa shape index (κ3) is 3.84. The predicted octanol–water partition coefficient (Wildman–Crippen LogP) is 4.91. The van der Waals surface area contributed by atoms with Crippen molar-refractivity contribution in [1.29, 1.82) is 5.26 Å². The van der Waals surface area contributed by atoms with Crippen LogP contribution in [0.1, 0.15) is 42.4 Å². The fourth-order valence-corrected chi connectivity index (χ4v) is 4.39. The summed E-state index contributed by atoms with van der Waals surface area (Å²) < 4.78 is 11.0. The van der Waals surface area contributed by atoms with Crippen LogP contribution < -0.4 is 4.74 Å². The molecule has 2 unspecified atom stereocenters. The second kappa shape index (κ2) is 8.40. The molecule has 1 amide bonds. The third-order valence-corrected chi connectivity index (χ3v) is 5.76. The molecule has 4 rings (SSSR count). The summed E-state index contributed by atoms with van der Waals surface area (Å²) in [6.45, 7) is 0.278. The number of carbonyl (C=O) groups excluding carboxylic acids is 1. The number of fused-ring (bicyclic) bond motifs is 2. The molecule has 1 saturated heterocycles. The van der Waals surface area contributed by atoms with Gasteiger partial charge in [-0.25, -0.2) is 4.79 Å². The molecule has 2 atom stereocenters. The van der Waals surface area contributed by atoms with Gasteiger partial charge in [-0.2, -0.15) is 5.26 Å². The zero-order chi connectivity index (χ0) is 20.2. The number of benzene rings is 2. The van der Waals surface area contributed by atoms with Crippen LogP contribution in [0.4, 0.5) is 4.79 Å². The lowest BCUT2D eigenvalue weighted by Crippen LogP contribution is -2.51. The molecule has 0 saturated carbocycles. The Hall–Kier alpha value is -3.26. The van der Waals surface area contributed by atoms with Crippen molar-refractivity contribution in [3.63, 3.8) is 0 Å². The normalized spacial score (nSPS) is 20.4. The summed E-state index contributed by atoms with van der Waals surface area (Å²) in [4.78, 5) is 14.7. The molecule has 0 spiro atoms. The Bertz CT molecular complexity index is 962. The fraction of sp³-hybridized carbons (Fsp3) is 0.333. The van der Waals surface area contributed by atoms with Crippen molar-refractivity contribution in [1.82, 2.24) is 4.90 Å². The average Bonchev–Trinajstić information content (AvgIpc) is 2.76. The number of methoxy groups -OCH3 is 1. The molecule has 2 aliphatic heterocycles. The van der Waals surface area contributed by atoms with E-state index >= 15 is 0 Å². The van der Waals surface area contributed by atoms with Gasteiger partial charge in [0.15, 0.2) is 0 Å². The van der Waals surface area contributed by atoms with Crippen molar-refractivity contribution in [2.24, 2.45) is 0 Å². The standard InChI is InChI=1S/C24H24N2O3/c1-28-23-12-6-11-21(22(23)15-25)18-13-19-9-5-10-20(14-18)26(19)24(27)29-16-17-7-3-2-4-8-17/h2-4,6-8,11-13,19-20H,5,9-10,14,16H2,1H3. The number of piperidine rings is 1. The van der Waals surface area contributed by atoms with Crippen LogP contribution in [0.25, 0.3) is 5.57 Å². The highest BCUT2D eigenvalue weighted by Crippen LogP contribution is 2.39. The molecule has 1 fully saturated rings. The molecule has 2 aromatic carbocycles. The van der Waals surface area contributed by atoms with E-state index in [-0.39, 0.29) is 24.8 Å². The first-order valence-electron chi connectivity index (χ1n) is 9.98. The van der Waals surface area contributed by atoms with Gasteiger partial charge in [0.2, 0.25) is 0 Å². The van der Waals surface area contributed by atoms with Crippen LogP contribution in [0.5, 0.6) is 5.75 Å². The molecule has 29 heavy (non-hydrogen) atoms. The number of amides is 1. The topological polar surface area (TPSA) is 62.6 Å². The summed E-state index contributed by atoms with van der Waals surface area (Å²) in [5.41, 5.74) is 3.55. The van der Waals surface area contributed by atoms with Crippen molar-refractivity contribution in [3.05, 3.63) is 71.3 Å². The van der Waals surface area contributed by atoms with Gasteiger partial charge in [-0.05, 0) is 48.4 Å². The van der Waals surface area contributed by atoms with Gasteiger partial charge in [-0.15, -0.1) is 0 Å². The third-order valence-electron chi connectivity index (χ3n) is 5.76. The second-order valence-corrected chi connectivity index (χ2v) is 7.49. The highest BCUT2D eigenvalue weighted by atomic mass is 16.6. The van der Waals surface area contributed by atoms with Crippen LogP contribution >= 0.6 is 0 Å². The first-order chi connectivity index (χ1) is 14.2. The zero-order valence-electron chi connectivity index (χ0n) is 16.5. The van der Waals surface area contributed by atoms with Crippen LogP contribution in [0, 0.1) is 11.3 Å². The molecule has 2 bridgehead atoms. The van der Waals surface area contributed by atoms with Crippen LogP contribution in [-0.2, 0) is 11.3 Å². The summed E-state index contributed by atoms with van der Waals surface area (Å²) in [5.74, 6) is 0.584. The van der Waals surface area contributed by atoms with Gasteiger partial charge in [0.05, 0.1) is 13.2 Å². The minimum atomic E-state index is -0.259. The lowest BCUT2D eigenvalue weighted by atomic mass is 9.82. The number of nitrogens with zero attached hydrogens (tertiary/aromatic N) is 2. The number of hydrogen-bond acceptors (Lipinski definition) is 4. The highest BCUT2D eigenvalue weighted by Gasteiger charge is 2.38. The summed E-state index contributed by atoms with van der Waals surface area (Å²) in [6.07, 6.45) is 5.54. The van der Waals surface area contributed by atoms with E-state index in [0.29, 0.717) is 11.3 Å². The number of hydrogen-bond donors (Lipinski definition) is 0. The molecule has 148 valence electrons. The maximum absolute atomic E-state index is 12.9. The molecule has 5 nitrogen and oxygen atoms in total. The largest absolute Gasteiger partial charge is 0.495 e. The Morgan fingerprint density at radius 3 is 2.72 bits per heavy atom. The molecule has 5 heteroatoms. The van der Waals surface area contributed by atoms with Crippen molar-refractivity contribution >= 4 is 11.7 Å². The quantitative estimate of drug-likeness (QED) is 0.746. The monoisotopic (exact) mass is 388 g/mol. The number of ether oxygens (including phenoxy) is 2. The average molecular weight is 388 g/mol. The Morgan fingerprint density at radius 1 is 1.17 bits per heavy atom. The molecule has 2 aliphatic rings. The summed E-state index contributed by atoms with van der Waals surface area (Å²) in [5, 5.41) is 9.64. The summed E-state index contributed by atoms with van der Waals surface area (Å²) in [6, 6.07) is 17.8. The first kappa shape index (κ1) is 19.1. The molecule has 0 N–H and O–H groups in total. The zero-order valence-corrected chi connectivity index (χ0v) is 16.5. The smallest absolute Gasteiger partial charge is 0.410 e. The molecular formula is C24H24N2O3. The minimum absolute atomic E-state index is 0.00137. The van der Waals surface area contributed by atoms with Gasteiger partial charge in [0.1, 0.15) is 24.0 Å². The van der Waals surface area contributed by atoms with E-state index < -0.39 is 0 Å². The second-order valence-electron chi connectivity index (χ2n) is 7.49. The Balaban J connectivity index is 1.56. The van der Waals surface area contributed by atoms with Gasteiger partial charge < -0.3 is 9.47 Å². The molecule has 2 aromatic rings. The lowest BCUT2D eigenvalue weighted by molar-refractivity contribution is 0.0510. The molecule has 0 radical (unpaired) electrons. The van der Waals surface area contributed by atoms with E-state index in [4.69, 9.17) is 9.47 Å². The van der Waals surface area contributed by atoms with Gasteiger partial charge in [-0.3, -0.25) is 4.90 Å². The van der Waals surface area contributed by atoms with Crippen LogP contribution in [0.2, 0.25) is 0 Å². The van der Waals surface area contributed by atoms with E-state index in [0.717, 1.165) is 42.4 Å². The molecular weight excluding hydrogens is 364 g/mol. The van der Waals surface area contributed by atoms with Crippen molar-refractivity contribution in [2.45, 2.75) is 44.4 Å². The van der Waals surface area contributed by atoms with Gasteiger partial charge in [-0.1, -0.05) is 48.5 Å². The number of nitriles is 1. The molecule has 0 aliphatic carbocycles. The van der Waals surface area contributed by atoms with E-state index in [1.54, 1.807) is 13.2 Å². The van der Waals surface area contributed by atoms with Crippen LogP contribution in [-0.4, -0.2) is 30.2 Å². The minimum Gasteiger partial charge on any atom is -0.495 e. The fourth-order valence-electron chi connectivity index (χ4n) is 4.39. The van der Waals surface area contributed by atoms with Crippen molar-refractivity contribution in [3.8, 4) is 11.8 Å². The van der Waals surface area contributed by atoms with Gasteiger partial charge in [0, 0.05) is 6.04 Å². The lowest BCUT2D eigenvalue weighted by Gasteiger charge is -2.44. The van der Waals surface area contributed by atoms with Crippen LogP contribution in [0.15, 0.2) is 54.6 Å². The van der Waals surface area contributed by atoms with E-state index in [1.165, 1.54) is 0 Å². The maximum atomic E-state index is 12.9. The first-order valence-corrected chi connectivity index (χ1v) is 9.98. The maximum Gasteiger partial charge on any atom is 0.410 e. The Kier molecular flexibility index (Phi) is 5.53. The predicted molar refractivity (Wildman–Crippen MR) is 110 cm³/mol. The van der Waals surface area contributed by atoms with Crippen molar-refractivity contribution in [2.75, 3.05) is 7.11 Å². The summed E-state index contributed by atoms with van der Waals surface area (Å²) in [7, 11) is 1.58. The highest BCUT2D eigenvalue weighted by molar-refractivity contribution is 5.77. The number of carbonyl (C=O) groups is 1. The number of rotatable bonds is 4. The van der Waals surface area contributed by atoms with E-state index in [9.17, 15) is 10.1 Å². The van der Waals surface area contributed by atoms with Crippen molar-refractivity contribution < 1.29 is 14.3 Å². The van der Waals surface area contributed by atoms with E-state index in [1.807, 2.05) is 47.4 Å². The molecule has 2 heterocycles. The van der Waals surface area contributed by atoms with Gasteiger partial charge in [0.25, 0.3) is 0 Å².